The average Bonchev–Trinajstić information content (AvgIpc) is 2.14. The fourth-order valence-electron chi connectivity index (χ4n) is 1.31. The van der Waals surface area contributed by atoms with Crippen LogP contribution in [0.4, 0.5) is 0 Å². The Bertz CT molecular complexity index is 75.3. The van der Waals surface area contributed by atoms with Crippen LogP contribution in [0.5, 0.6) is 0 Å². The summed E-state index contributed by atoms with van der Waals surface area (Å²) in [6.45, 7) is 3.96. The summed E-state index contributed by atoms with van der Waals surface area (Å²) in [6.07, 6.45) is 4.21. The van der Waals surface area contributed by atoms with Crippen LogP contribution in [0.2, 0.25) is 0 Å². The Kier molecular flexibility index (Phi) is 4.66. The zero-order valence-corrected chi connectivity index (χ0v) is 6.39. The van der Waals surface area contributed by atoms with Crippen molar-refractivity contribution in [3.63, 3.8) is 0 Å². The molecule has 0 bridgehead atoms. The Morgan fingerprint density at radius 2 is 2.11 bits per heavy atom. The molecule has 9 heavy (non-hydrogen) atoms. The Balaban J connectivity index is 0.000000640. The second kappa shape index (κ2) is 4.39. The van der Waals surface area contributed by atoms with E-state index < -0.39 is 0 Å². The average molecular weight is 120 g/mol. The molecule has 0 heterocycles. The summed E-state index contributed by atoms with van der Waals surface area (Å²) in [7, 11) is 1.77. The maximum atomic E-state index is 5.16. The summed E-state index contributed by atoms with van der Waals surface area (Å²) in [5.41, 5.74) is 0. The Morgan fingerprint density at radius 3 is 2.33 bits per heavy atom. The van der Waals surface area contributed by atoms with Crippen LogP contribution >= 0.6 is 0 Å². The molecule has 1 aliphatic rings. The van der Waals surface area contributed by atoms with Gasteiger partial charge in [-0.2, -0.15) is 0 Å². The van der Waals surface area contributed by atoms with Gasteiger partial charge in [0.2, 0.25) is 0 Å². The Labute approximate surface area is 69.3 Å². The first kappa shape index (κ1) is 9.56. The van der Waals surface area contributed by atoms with Crippen molar-refractivity contribution in [1.82, 2.24) is 0 Å². The number of methoxy groups -OCH3 is 1. The first-order valence-electron chi connectivity index (χ1n) is 3.20. The molecule has 0 aromatic heterocycles. The molecule has 0 unspecified atom stereocenters. The summed E-state index contributed by atoms with van der Waals surface area (Å²) in [4.78, 5) is 0. The number of rotatable bonds is 1. The molecule has 1 nitrogen and oxygen atoms in total. The molecule has 48 valence electrons. The second-order valence-electron chi connectivity index (χ2n) is 2.47. The fraction of sp³-hybridized carbons (Fsp3) is 0.857. The van der Waals surface area contributed by atoms with E-state index in [9.17, 15) is 0 Å². The van der Waals surface area contributed by atoms with Gasteiger partial charge in [-0.15, -0.1) is 5.92 Å². The third kappa shape index (κ3) is 2.33. The standard InChI is InChI=1S/C7H13O.Li/c1-6-4-3-5-7(6)8-2;/h6-7H,1,3-5H2,2H3;/q-1;+1/t6-,7-;/m0./s1. The molecule has 0 aromatic rings. The van der Waals surface area contributed by atoms with Crippen LogP contribution in [0.15, 0.2) is 0 Å². The van der Waals surface area contributed by atoms with E-state index >= 15 is 0 Å². The molecule has 2 heteroatoms. The number of hydrogen-bond donors (Lipinski definition) is 0. The van der Waals surface area contributed by atoms with Crippen molar-refractivity contribution < 1.29 is 23.6 Å². The maximum absolute atomic E-state index is 5.16. The van der Waals surface area contributed by atoms with Crippen molar-refractivity contribution in [2.45, 2.75) is 25.4 Å². The first-order valence-corrected chi connectivity index (χ1v) is 3.20. The fourth-order valence-corrected chi connectivity index (χ4v) is 1.31. The molecule has 0 aliphatic heterocycles. The van der Waals surface area contributed by atoms with E-state index in [0.29, 0.717) is 12.0 Å². The van der Waals surface area contributed by atoms with Gasteiger partial charge in [0.05, 0.1) is 0 Å². The van der Waals surface area contributed by atoms with Crippen molar-refractivity contribution in [2.75, 3.05) is 7.11 Å². The van der Waals surface area contributed by atoms with Crippen molar-refractivity contribution in [1.29, 1.82) is 0 Å². The van der Waals surface area contributed by atoms with Crippen LogP contribution in [-0.4, -0.2) is 13.2 Å². The molecule has 0 spiro atoms. The molecule has 1 saturated carbocycles. The monoisotopic (exact) mass is 120 g/mol. The minimum absolute atomic E-state index is 0. The van der Waals surface area contributed by atoms with Crippen molar-refractivity contribution in [2.24, 2.45) is 5.92 Å². The van der Waals surface area contributed by atoms with E-state index in [1.54, 1.807) is 7.11 Å². The predicted molar refractivity (Wildman–Crippen MR) is 33.5 cm³/mol. The zero-order chi connectivity index (χ0) is 5.98. The van der Waals surface area contributed by atoms with Gasteiger partial charge >= 0.3 is 18.9 Å². The normalized spacial score (nSPS) is 34.0. The van der Waals surface area contributed by atoms with Crippen molar-refractivity contribution >= 4 is 0 Å². The molecule has 1 rings (SSSR count). The topological polar surface area (TPSA) is 9.23 Å². The second-order valence-corrected chi connectivity index (χ2v) is 2.47. The van der Waals surface area contributed by atoms with Crippen LogP contribution in [-0.2, 0) is 4.74 Å². The Hall–Kier alpha value is 0.557. The van der Waals surface area contributed by atoms with E-state index in [4.69, 9.17) is 4.74 Å². The molecule has 1 aliphatic carbocycles. The van der Waals surface area contributed by atoms with E-state index in [-0.39, 0.29) is 18.9 Å². The molecule has 0 radical (unpaired) electrons. The van der Waals surface area contributed by atoms with Gasteiger partial charge in [0, 0.05) is 13.2 Å². The van der Waals surface area contributed by atoms with Crippen LogP contribution < -0.4 is 18.9 Å². The van der Waals surface area contributed by atoms with Gasteiger partial charge < -0.3 is 11.7 Å². The minimum atomic E-state index is 0. The predicted octanol–water partition coefficient (Wildman–Crippen LogP) is -1.36. The third-order valence-corrected chi connectivity index (χ3v) is 1.89. The van der Waals surface area contributed by atoms with E-state index in [0.717, 1.165) is 0 Å². The van der Waals surface area contributed by atoms with Gasteiger partial charge in [-0.1, -0.05) is 12.8 Å². The summed E-state index contributed by atoms with van der Waals surface area (Å²) >= 11 is 0. The Morgan fingerprint density at radius 1 is 1.44 bits per heavy atom. The summed E-state index contributed by atoms with van der Waals surface area (Å²) in [5, 5.41) is 0. The first-order chi connectivity index (χ1) is 3.84. The number of ether oxygens (including phenoxy) is 1. The summed E-state index contributed by atoms with van der Waals surface area (Å²) in [6, 6.07) is 0. The molecule has 0 amide bonds. The summed E-state index contributed by atoms with van der Waals surface area (Å²) in [5.74, 6) is 0.556. The molecule has 0 N–H and O–H groups in total. The van der Waals surface area contributed by atoms with Gasteiger partial charge in [0.25, 0.3) is 0 Å². The molecule has 1 fully saturated rings. The van der Waals surface area contributed by atoms with Crippen molar-refractivity contribution in [3.8, 4) is 0 Å². The van der Waals surface area contributed by atoms with Crippen molar-refractivity contribution in [3.05, 3.63) is 6.92 Å². The van der Waals surface area contributed by atoms with Gasteiger partial charge in [0.15, 0.2) is 0 Å². The smallest absolute Gasteiger partial charge is 0.384 e. The SMILES string of the molecule is [CH2-][C@H]1CCC[C@@H]1OC.[Li+]. The largest absolute Gasteiger partial charge is 1.00 e. The van der Waals surface area contributed by atoms with Crippen LogP contribution in [0, 0.1) is 12.8 Å². The van der Waals surface area contributed by atoms with Crippen LogP contribution in [0.25, 0.3) is 0 Å². The zero-order valence-electron chi connectivity index (χ0n) is 6.39. The molecular weight excluding hydrogens is 107 g/mol. The number of hydrogen-bond acceptors (Lipinski definition) is 1. The quantitative estimate of drug-likeness (QED) is 0.307. The van der Waals surface area contributed by atoms with E-state index in [1.807, 2.05) is 0 Å². The molecule has 0 saturated heterocycles. The maximum Gasteiger partial charge on any atom is 1.00 e. The minimum Gasteiger partial charge on any atom is -0.384 e. The molecule has 0 aromatic carbocycles. The molecule has 2 atom stereocenters. The van der Waals surface area contributed by atoms with E-state index in [2.05, 4.69) is 6.92 Å². The molecular formula is C7H13LiO. The van der Waals surface area contributed by atoms with E-state index in [1.165, 1.54) is 19.3 Å². The van der Waals surface area contributed by atoms with Gasteiger partial charge in [-0.05, 0) is 6.42 Å². The van der Waals surface area contributed by atoms with Gasteiger partial charge in [-0.25, -0.2) is 0 Å². The van der Waals surface area contributed by atoms with Gasteiger partial charge in [0.1, 0.15) is 0 Å². The van der Waals surface area contributed by atoms with Gasteiger partial charge in [-0.3, -0.25) is 0 Å². The van der Waals surface area contributed by atoms with Crippen LogP contribution in [0.3, 0.4) is 0 Å². The third-order valence-electron chi connectivity index (χ3n) is 1.89. The summed E-state index contributed by atoms with van der Waals surface area (Å²) < 4.78 is 5.16. The van der Waals surface area contributed by atoms with Crippen LogP contribution in [0.1, 0.15) is 19.3 Å².